The highest BCUT2D eigenvalue weighted by molar-refractivity contribution is 5.77. The molecule has 0 aliphatic heterocycles. The fourth-order valence-corrected chi connectivity index (χ4v) is 0.901. The Labute approximate surface area is 83.3 Å². The van der Waals surface area contributed by atoms with Crippen LogP contribution in [0.25, 0.3) is 0 Å². The fraction of sp³-hybridized carbons (Fsp3) is 0.500. The summed E-state index contributed by atoms with van der Waals surface area (Å²) in [6, 6.07) is 0. The van der Waals surface area contributed by atoms with Gasteiger partial charge in [-0.1, -0.05) is 13.8 Å². The van der Waals surface area contributed by atoms with E-state index in [-0.39, 0.29) is 0 Å². The normalized spacial score (nSPS) is 10.3. The van der Waals surface area contributed by atoms with E-state index >= 15 is 0 Å². The van der Waals surface area contributed by atoms with Crippen LogP contribution in [0.4, 0.5) is 0 Å². The Morgan fingerprint density at radius 3 is 2.86 bits per heavy atom. The summed E-state index contributed by atoms with van der Waals surface area (Å²) >= 11 is 0. The second-order valence-corrected chi connectivity index (χ2v) is 3.50. The van der Waals surface area contributed by atoms with E-state index in [9.17, 15) is 4.79 Å². The summed E-state index contributed by atoms with van der Waals surface area (Å²) in [4.78, 5) is 18.6. The maximum atomic E-state index is 10.6. The van der Waals surface area contributed by atoms with Gasteiger partial charge in [0.05, 0.1) is 12.2 Å². The molecule has 0 unspecified atom stereocenters. The number of hydrogen-bond acceptors (Lipinski definition) is 4. The summed E-state index contributed by atoms with van der Waals surface area (Å²) in [7, 11) is 0. The number of carbonyl (C=O) groups excluding carboxylic acids is 1. The highest BCUT2D eigenvalue weighted by Crippen LogP contribution is 2.12. The molecular formula is C10H14N2O2. The van der Waals surface area contributed by atoms with Crippen LogP contribution in [0.2, 0.25) is 0 Å². The molecule has 1 aromatic rings. The van der Waals surface area contributed by atoms with E-state index in [1.54, 1.807) is 6.92 Å². The van der Waals surface area contributed by atoms with Crippen molar-refractivity contribution in [2.24, 2.45) is 5.92 Å². The summed E-state index contributed by atoms with van der Waals surface area (Å²) < 4.78 is 5.39. The zero-order chi connectivity index (χ0) is 10.6. The Morgan fingerprint density at radius 2 is 2.29 bits per heavy atom. The van der Waals surface area contributed by atoms with Crippen molar-refractivity contribution < 1.29 is 9.53 Å². The molecule has 0 fully saturated rings. The van der Waals surface area contributed by atoms with Crippen LogP contribution in [-0.2, 0) is 0 Å². The lowest BCUT2D eigenvalue weighted by Crippen LogP contribution is -2.08. The molecule has 0 atom stereocenters. The first kappa shape index (κ1) is 10.6. The van der Waals surface area contributed by atoms with Gasteiger partial charge in [0.2, 0.25) is 5.88 Å². The molecular weight excluding hydrogens is 180 g/mol. The van der Waals surface area contributed by atoms with Crippen molar-refractivity contribution in [2.75, 3.05) is 6.61 Å². The van der Waals surface area contributed by atoms with Gasteiger partial charge in [-0.2, -0.15) is 4.98 Å². The predicted octanol–water partition coefficient (Wildman–Crippen LogP) is 1.63. The second-order valence-electron chi connectivity index (χ2n) is 3.50. The quantitative estimate of drug-likeness (QED) is 0.683. The van der Waals surface area contributed by atoms with Crippen LogP contribution in [0.3, 0.4) is 0 Å². The van der Waals surface area contributed by atoms with Crippen molar-refractivity contribution in [3.05, 3.63) is 17.6 Å². The molecule has 0 radical (unpaired) electrons. The molecule has 0 aliphatic carbocycles. The molecule has 76 valence electrons. The van der Waals surface area contributed by atoms with Gasteiger partial charge in [0.15, 0.2) is 6.29 Å². The average molecular weight is 194 g/mol. The molecule has 0 N–H and O–H groups in total. The summed E-state index contributed by atoms with van der Waals surface area (Å²) in [6.45, 7) is 6.39. The number of nitrogens with zero attached hydrogens (tertiary/aromatic N) is 2. The molecule has 1 rings (SSSR count). The number of aromatic nitrogens is 2. The Hall–Kier alpha value is -1.45. The Balaban J connectivity index is 2.82. The van der Waals surface area contributed by atoms with Crippen LogP contribution < -0.4 is 4.74 Å². The number of aryl methyl sites for hydroxylation is 1. The van der Waals surface area contributed by atoms with Gasteiger partial charge in [0, 0.05) is 6.20 Å². The minimum Gasteiger partial charge on any atom is -0.477 e. The van der Waals surface area contributed by atoms with Gasteiger partial charge >= 0.3 is 0 Å². The zero-order valence-corrected chi connectivity index (χ0v) is 8.65. The standard InChI is InChI=1S/C10H14N2O2/c1-7(2)6-14-10-9(5-13)4-11-8(3)12-10/h4-5,7H,6H2,1-3H3. The van der Waals surface area contributed by atoms with E-state index in [1.807, 2.05) is 13.8 Å². The van der Waals surface area contributed by atoms with Crippen LogP contribution in [0.1, 0.15) is 30.0 Å². The van der Waals surface area contributed by atoms with Crippen molar-refractivity contribution in [3.8, 4) is 5.88 Å². The number of ether oxygens (including phenoxy) is 1. The monoisotopic (exact) mass is 194 g/mol. The van der Waals surface area contributed by atoms with Crippen LogP contribution >= 0.6 is 0 Å². The summed E-state index contributed by atoms with van der Waals surface area (Å²) in [5.74, 6) is 1.39. The van der Waals surface area contributed by atoms with Crippen molar-refractivity contribution in [3.63, 3.8) is 0 Å². The van der Waals surface area contributed by atoms with Crippen molar-refractivity contribution in [2.45, 2.75) is 20.8 Å². The van der Waals surface area contributed by atoms with Gasteiger partial charge < -0.3 is 4.74 Å². The highest BCUT2D eigenvalue weighted by atomic mass is 16.5. The average Bonchev–Trinajstić information content (AvgIpc) is 2.15. The first-order valence-corrected chi connectivity index (χ1v) is 4.55. The number of carbonyl (C=O) groups is 1. The Morgan fingerprint density at radius 1 is 1.57 bits per heavy atom. The first-order chi connectivity index (χ1) is 6.63. The van der Waals surface area contributed by atoms with Gasteiger partial charge in [0.25, 0.3) is 0 Å². The molecule has 1 heterocycles. The Kier molecular flexibility index (Phi) is 3.56. The van der Waals surface area contributed by atoms with Crippen molar-refractivity contribution in [1.82, 2.24) is 9.97 Å². The zero-order valence-electron chi connectivity index (χ0n) is 8.65. The molecule has 0 saturated heterocycles. The number of hydrogen-bond donors (Lipinski definition) is 0. The molecule has 0 spiro atoms. The van der Waals surface area contributed by atoms with E-state index < -0.39 is 0 Å². The van der Waals surface area contributed by atoms with Gasteiger partial charge in [-0.25, -0.2) is 4.98 Å². The molecule has 14 heavy (non-hydrogen) atoms. The summed E-state index contributed by atoms with van der Waals surface area (Å²) in [6.07, 6.45) is 2.18. The van der Waals surface area contributed by atoms with Crippen LogP contribution in [0.5, 0.6) is 5.88 Å². The lowest BCUT2D eigenvalue weighted by Gasteiger charge is -2.09. The van der Waals surface area contributed by atoms with Crippen molar-refractivity contribution >= 4 is 6.29 Å². The molecule has 0 aliphatic rings. The van der Waals surface area contributed by atoms with Crippen LogP contribution in [0, 0.1) is 12.8 Å². The number of rotatable bonds is 4. The third-order valence-electron chi connectivity index (χ3n) is 1.58. The van der Waals surface area contributed by atoms with Gasteiger partial charge in [0.1, 0.15) is 5.82 Å². The Bertz CT molecular complexity index is 324. The lowest BCUT2D eigenvalue weighted by molar-refractivity contribution is 0.111. The molecule has 4 nitrogen and oxygen atoms in total. The predicted molar refractivity (Wildman–Crippen MR) is 52.5 cm³/mol. The number of aldehydes is 1. The van der Waals surface area contributed by atoms with E-state index in [0.717, 1.165) is 0 Å². The maximum absolute atomic E-state index is 10.6. The molecule has 0 aromatic carbocycles. The SMILES string of the molecule is Cc1ncc(C=O)c(OCC(C)C)n1. The lowest BCUT2D eigenvalue weighted by atomic mass is 10.2. The third-order valence-corrected chi connectivity index (χ3v) is 1.58. The molecule has 1 aromatic heterocycles. The molecule has 0 saturated carbocycles. The van der Waals surface area contributed by atoms with Crippen LogP contribution in [-0.4, -0.2) is 22.9 Å². The van der Waals surface area contributed by atoms with E-state index in [4.69, 9.17) is 4.74 Å². The minimum atomic E-state index is 0.376. The van der Waals surface area contributed by atoms with Gasteiger partial charge in [-0.15, -0.1) is 0 Å². The third kappa shape index (κ3) is 2.80. The van der Waals surface area contributed by atoms with Crippen LogP contribution in [0.15, 0.2) is 6.20 Å². The summed E-state index contributed by atoms with van der Waals surface area (Å²) in [5.41, 5.74) is 0.399. The highest BCUT2D eigenvalue weighted by Gasteiger charge is 2.06. The maximum Gasteiger partial charge on any atom is 0.227 e. The minimum absolute atomic E-state index is 0.376. The van der Waals surface area contributed by atoms with E-state index in [0.29, 0.717) is 36.1 Å². The molecule has 0 amide bonds. The molecule has 0 bridgehead atoms. The van der Waals surface area contributed by atoms with Crippen molar-refractivity contribution in [1.29, 1.82) is 0 Å². The van der Waals surface area contributed by atoms with E-state index in [2.05, 4.69) is 9.97 Å². The van der Waals surface area contributed by atoms with E-state index in [1.165, 1.54) is 6.20 Å². The molecule has 4 heteroatoms. The smallest absolute Gasteiger partial charge is 0.227 e. The van der Waals surface area contributed by atoms with Gasteiger partial charge in [-0.05, 0) is 12.8 Å². The topological polar surface area (TPSA) is 52.1 Å². The summed E-state index contributed by atoms with van der Waals surface area (Å²) in [5, 5.41) is 0. The second kappa shape index (κ2) is 4.69. The fourth-order valence-electron chi connectivity index (χ4n) is 0.901. The van der Waals surface area contributed by atoms with Gasteiger partial charge in [-0.3, -0.25) is 4.79 Å². The largest absolute Gasteiger partial charge is 0.477 e. The first-order valence-electron chi connectivity index (χ1n) is 4.55.